The minimum atomic E-state index is -0.399. The fourth-order valence-corrected chi connectivity index (χ4v) is 2.86. The Morgan fingerprint density at radius 2 is 2.09 bits per heavy atom. The van der Waals surface area contributed by atoms with Crippen molar-refractivity contribution in [2.24, 2.45) is 5.92 Å². The lowest BCUT2D eigenvalue weighted by atomic mass is 10.1. The van der Waals surface area contributed by atoms with Crippen LogP contribution in [0.4, 0.5) is 0 Å². The van der Waals surface area contributed by atoms with E-state index in [2.05, 4.69) is 0 Å². The minimum Gasteiger partial charge on any atom is -0.488 e. The predicted octanol–water partition coefficient (Wildman–Crippen LogP) is 3.17. The van der Waals surface area contributed by atoms with Crippen LogP contribution in [0.5, 0.6) is 5.75 Å². The third kappa shape index (κ3) is 4.75. The zero-order valence-corrected chi connectivity index (χ0v) is 14.6. The van der Waals surface area contributed by atoms with Gasteiger partial charge < -0.3 is 14.4 Å². The lowest BCUT2D eigenvalue weighted by Crippen LogP contribution is -2.33. The Hall–Kier alpha value is -1.46. The standard InChI is InChI=1S/C16H19Cl2NO4/c1-10(2)19-9-11(7-15(19)20)16(21)23-6-5-22-14-4-3-12(17)8-13(14)18/h3-4,8,10-11H,5-7,9H2,1-2H3. The lowest BCUT2D eigenvalue weighted by molar-refractivity contribution is -0.149. The Kier molecular flexibility index (Phi) is 6.13. The van der Waals surface area contributed by atoms with Gasteiger partial charge in [-0.3, -0.25) is 9.59 Å². The zero-order chi connectivity index (χ0) is 17.0. The fourth-order valence-electron chi connectivity index (χ4n) is 2.39. The number of hydrogen-bond acceptors (Lipinski definition) is 4. The molecule has 0 radical (unpaired) electrons. The number of ether oxygens (including phenoxy) is 2. The molecule has 0 aromatic heterocycles. The monoisotopic (exact) mass is 359 g/mol. The first kappa shape index (κ1) is 17.9. The Bertz CT molecular complexity index is 591. The van der Waals surface area contributed by atoms with Gasteiger partial charge in [0.1, 0.15) is 19.0 Å². The second-order valence-corrected chi connectivity index (χ2v) is 6.48. The van der Waals surface area contributed by atoms with Crippen LogP contribution in [-0.2, 0) is 14.3 Å². The van der Waals surface area contributed by atoms with E-state index >= 15 is 0 Å². The first-order chi connectivity index (χ1) is 10.9. The third-order valence-corrected chi connectivity index (χ3v) is 4.12. The van der Waals surface area contributed by atoms with Gasteiger partial charge in [-0.15, -0.1) is 0 Å². The van der Waals surface area contributed by atoms with Crippen molar-refractivity contribution in [3.05, 3.63) is 28.2 Å². The number of benzene rings is 1. The van der Waals surface area contributed by atoms with Gasteiger partial charge in [0.2, 0.25) is 5.91 Å². The molecule has 1 atom stereocenters. The van der Waals surface area contributed by atoms with Crippen LogP contribution >= 0.6 is 23.2 Å². The molecule has 1 aromatic carbocycles. The molecule has 1 aliphatic rings. The van der Waals surface area contributed by atoms with E-state index in [9.17, 15) is 9.59 Å². The normalized spacial score (nSPS) is 17.7. The van der Waals surface area contributed by atoms with Crippen LogP contribution in [-0.4, -0.2) is 42.6 Å². The number of carbonyl (C=O) groups is 2. The zero-order valence-electron chi connectivity index (χ0n) is 13.1. The summed E-state index contributed by atoms with van der Waals surface area (Å²) in [4.78, 5) is 25.5. The summed E-state index contributed by atoms with van der Waals surface area (Å²) in [5.41, 5.74) is 0. The summed E-state index contributed by atoms with van der Waals surface area (Å²) in [7, 11) is 0. The summed E-state index contributed by atoms with van der Waals surface area (Å²) in [5.74, 6) is -0.295. The van der Waals surface area contributed by atoms with Gasteiger partial charge in [0.05, 0.1) is 10.9 Å². The van der Waals surface area contributed by atoms with Crippen molar-refractivity contribution in [3.63, 3.8) is 0 Å². The molecule has 1 aromatic rings. The number of esters is 1. The molecule has 1 heterocycles. The fraction of sp³-hybridized carbons (Fsp3) is 0.500. The maximum absolute atomic E-state index is 12.0. The van der Waals surface area contributed by atoms with E-state index in [0.29, 0.717) is 22.3 Å². The van der Waals surface area contributed by atoms with Gasteiger partial charge in [-0.25, -0.2) is 0 Å². The van der Waals surface area contributed by atoms with Gasteiger partial charge in [-0.2, -0.15) is 0 Å². The molecule has 0 N–H and O–H groups in total. The number of likely N-dealkylation sites (tertiary alicyclic amines) is 1. The number of rotatable bonds is 6. The maximum atomic E-state index is 12.0. The molecule has 1 saturated heterocycles. The summed E-state index contributed by atoms with van der Waals surface area (Å²) in [6.45, 7) is 4.55. The molecule has 2 rings (SSSR count). The molecule has 1 aliphatic heterocycles. The van der Waals surface area contributed by atoms with E-state index in [-0.39, 0.29) is 37.6 Å². The van der Waals surface area contributed by atoms with Gasteiger partial charge in [0.15, 0.2) is 0 Å². The highest BCUT2D eigenvalue weighted by Gasteiger charge is 2.36. The summed E-state index contributed by atoms with van der Waals surface area (Å²) in [6.07, 6.45) is 0.209. The van der Waals surface area contributed by atoms with Gasteiger partial charge >= 0.3 is 5.97 Å². The van der Waals surface area contributed by atoms with E-state index in [1.165, 1.54) is 0 Å². The Morgan fingerprint density at radius 1 is 1.35 bits per heavy atom. The van der Waals surface area contributed by atoms with Gasteiger partial charge in [0.25, 0.3) is 0 Å². The molecule has 7 heteroatoms. The van der Waals surface area contributed by atoms with E-state index in [1.807, 2.05) is 13.8 Å². The number of carbonyl (C=O) groups excluding carboxylic acids is 2. The first-order valence-electron chi connectivity index (χ1n) is 7.42. The number of hydrogen-bond donors (Lipinski definition) is 0. The predicted molar refractivity (Wildman–Crippen MR) is 87.9 cm³/mol. The van der Waals surface area contributed by atoms with Crippen LogP contribution in [0.3, 0.4) is 0 Å². The van der Waals surface area contributed by atoms with Crippen LogP contribution in [0, 0.1) is 5.92 Å². The molecule has 23 heavy (non-hydrogen) atoms. The van der Waals surface area contributed by atoms with Crippen molar-refractivity contribution in [1.82, 2.24) is 4.90 Å². The second-order valence-electron chi connectivity index (χ2n) is 5.63. The quantitative estimate of drug-likeness (QED) is 0.578. The largest absolute Gasteiger partial charge is 0.488 e. The summed E-state index contributed by atoms with van der Waals surface area (Å²) >= 11 is 11.8. The van der Waals surface area contributed by atoms with Crippen molar-refractivity contribution >= 4 is 35.1 Å². The molecule has 0 bridgehead atoms. The summed E-state index contributed by atoms with van der Waals surface area (Å²) in [6, 6.07) is 4.99. The summed E-state index contributed by atoms with van der Waals surface area (Å²) in [5, 5.41) is 0.923. The molecule has 0 spiro atoms. The van der Waals surface area contributed by atoms with Crippen molar-refractivity contribution in [2.45, 2.75) is 26.3 Å². The van der Waals surface area contributed by atoms with Crippen molar-refractivity contribution < 1.29 is 19.1 Å². The van der Waals surface area contributed by atoms with Gasteiger partial charge in [0, 0.05) is 24.0 Å². The van der Waals surface area contributed by atoms with E-state index in [1.54, 1.807) is 23.1 Å². The number of amides is 1. The van der Waals surface area contributed by atoms with Crippen LogP contribution in [0.2, 0.25) is 10.0 Å². The number of nitrogens with zero attached hydrogens (tertiary/aromatic N) is 1. The average Bonchev–Trinajstić information content (AvgIpc) is 2.87. The molecule has 0 aliphatic carbocycles. The third-order valence-electron chi connectivity index (χ3n) is 3.59. The second kappa shape index (κ2) is 7.88. The Morgan fingerprint density at radius 3 is 2.70 bits per heavy atom. The van der Waals surface area contributed by atoms with E-state index in [4.69, 9.17) is 32.7 Å². The highest BCUT2D eigenvalue weighted by molar-refractivity contribution is 6.35. The Labute approximate surface area is 145 Å². The van der Waals surface area contributed by atoms with Crippen molar-refractivity contribution in [3.8, 4) is 5.75 Å². The summed E-state index contributed by atoms with van der Waals surface area (Å²) < 4.78 is 10.6. The highest BCUT2D eigenvalue weighted by Crippen LogP contribution is 2.27. The molecule has 0 saturated carbocycles. The lowest BCUT2D eigenvalue weighted by Gasteiger charge is -2.20. The Balaban J connectivity index is 1.74. The molecule has 1 fully saturated rings. The molecule has 5 nitrogen and oxygen atoms in total. The number of halogens is 2. The first-order valence-corrected chi connectivity index (χ1v) is 8.18. The minimum absolute atomic E-state index is 0.00820. The SMILES string of the molecule is CC(C)N1CC(C(=O)OCCOc2ccc(Cl)cc2Cl)CC1=O. The molecular weight excluding hydrogens is 341 g/mol. The maximum Gasteiger partial charge on any atom is 0.311 e. The molecule has 1 unspecified atom stereocenters. The molecule has 1 amide bonds. The molecular formula is C16H19Cl2NO4. The van der Waals surface area contributed by atoms with E-state index in [0.717, 1.165) is 0 Å². The van der Waals surface area contributed by atoms with Gasteiger partial charge in [-0.05, 0) is 32.0 Å². The molecule has 126 valence electrons. The van der Waals surface area contributed by atoms with Crippen molar-refractivity contribution in [1.29, 1.82) is 0 Å². The highest BCUT2D eigenvalue weighted by atomic mass is 35.5. The van der Waals surface area contributed by atoms with Crippen LogP contribution < -0.4 is 4.74 Å². The average molecular weight is 360 g/mol. The van der Waals surface area contributed by atoms with E-state index < -0.39 is 5.92 Å². The van der Waals surface area contributed by atoms with Crippen molar-refractivity contribution in [2.75, 3.05) is 19.8 Å². The van der Waals surface area contributed by atoms with Crippen LogP contribution in [0.25, 0.3) is 0 Å². The topological polar surface area (TPSA) is 55.8 Å². The van der Waals surface area contributed by atoms with Crippen LogP contribution in [0.1, 0.15) is 20.3 Å². The van der Waals surface area contributed by atoms with Gasteiger partial charge in [-0.1, -0.05) is 23.2 Å². The smallest absolute Gasteiger partial charge is 0.311 e. The van der Waals surface area contributed by atoms with Crippen LogP contribution in [0.15, 0.2) is 18.2 Å².